The van der Waals surface area contributed by atoms with Gasteiger partial charge in [-0.1, -0.05) is 12.1 Å². The third-order valence-corrected chi connectivity index (χ3v) is 5.00. The second-order valence-corrected chi connectivity index (χ2v) is 6.65. The SMILES string of the molecule is CNS(=O)(=O)c1ccccc1N1CCCC(C(=O)O)C1. The molecule has 1 atom stereocenters. The van der Waals surface area contributed by atoms with Crippen LogP contribution in [0.15, 0.2) is 29.2 Å². The number of nitrogens with one attached hydrogen (secondary N) is 1. The van der Waals surface area contributed by atoms with Crippen molar-refractivity contribution in [2.45, 2.75) is 17.7 Å². The van der Waals surface area contributed by atoms with Crippen LogP contribution >= 0.6 is 0 Å². The highest BCUT2D eigenvalue weighted by atomic mass is 32.2. The molecule has 1 heterocycles. The maximum atomic E-state index is 12.0. The average Bonchev–Trinajstić information content (AvgIpc) is 2.47. The minimum Gasteiger partial charge on any atom is -0.481 e. The Morgan fingerprint density at radius 3 is 2.75 bits per heavy atom. The number of para-hydroxylation sites is 1. The molecule has 1 saturated heterocycles. The van der Waals surface area contributed by atoms with Gasteiger partial charge >= 0.3 is 5.97 Å². The van der Waals surface area contributed by atoms with Crippen LogP contribution in [0.25, 0.3) is 0 Å². The zero-order valence-electron chi connectivity index (χ0n) is 11.2. The first kappa shape index (κ1) is 14.8. The Labute approximate surface area is 118 Å². The molecule has 1 fully saturated rings. The van der Waals surface area contributed by atoms with Crippen LogP contribution < -0.4 is 9.62 Å². The van der Waals surface area contributed by atoms with E-state index in [4.69, 9.17) is 5.11 Å². The molecule has 0 aromatic heterocycles. The molecule has 0 saturated carbocycles. The molecule has 0 amide bonds. The molecule has 0 spiro atoms. The predicted octanol–water partition coefficient (Wildman–Crippen LogP) is 0.896. The fourth-order valence-electron chi connectivity index (χ4n) is 2.45. The van der Waals surface area contributed by atoms with Crippen LogP contribution in [0.2, 0.25) is 0 Å². The fourth-order valence-corrected chi connectivity index (χ4v) is 3.40. The van der Waals surface area contributed by atoms with Crippen LogP contribution in [0.3, 0.4) is 0 Å². The van der Waals surface area contributed by atoms with Crippen molar-refractivity contribution in [3.8, 4) is 0 Å². The Morgan fingerprint density at radius 2 is 2.10 bits per heavy atom. The van der Waals surface area contributed by atoms with Gasteiger partial charge in [-0.15, -0.1) is 0 Å². The molecule has 1 unspecified atom stereocenters. The lowest BCUT2D eigenvalue weighted by molar-refractivity contribution is -0.141. The Balaban J connectivity index is 2.36. The quantitative estimate of drug-likeness (QED) is 0.862. The molecular formula is C13H18N2O4S. The maximum Gasteiger partial charge on any atom is 0.308 e. The second kappa shape index (κ2) is 5.80. The Morgan fingerprint density at radius 1 is 1.40 bits per heavy atom. The van der Waals surface area contributed by atoms with Gasteiger partial charge in [0.15, 0.2) is 0 Å². The van der Waals surface area contributed by atoms with Crippen LogP contribution in [-0.2, 0) is 14.8 Å². The van der Waals surface area contributed by atoms with E-state index in [1.54, 1.807) is 18.2 Å². The summed E-state index contributed by atoms with van der Waals surface area (Å²) >= 11 is 0. The van der Waals surface area contributed by atoms with E-state index in [1.165, 1.54) is 13.1 Å². The fraction of sp³-hybridized carbons (Fsp3) is 0.462. The first-order chi connectivity index (χ1) is 9.45. The van der Waals surface area contributed by atoms with Crippen molar-refractivity contribution in [3.63, 3.8) is 0 Å². The van der Waals surface area contributed by atoms with Gasteiger partial charge < -0.3 is 10.0 Å². The number of nitrogens with zero attached hydrogens (tertiary/aromatic N) is 1. The van der Waals surface area contributed by atoms with E-state index in [1.807, 2.05) is 4.90 Å². The number of piperidine rings is 1. The van der Waals surface area contributed by atoms with Gasteiger partial charge in [0.1, 0.15) is 4.90 Å². The zero-order valence-corrected chi connectivity index (χ0v) is 12.1. The molecular weight excluding hydrogens is 280 g/mol. The van der Waals surface area contributed by atoms with E-state index < -0.39 is 21.9 Å². The van der Waals surface area contributed by atoms with Gasteiger partial charge in [0.05, 0.1) is 11.6 Å². The molecule has 0 aliphatic carbocycles. The largest absolute Gasteiger partial charge is 0.481 e. The smallest absolute Gasteiger partial charge is 0.308 e. The van der Waals surface area contributed by atoms with Crippen molar-refractivity contribution in [3.05, 3.63) is 24.3 Å². The minimum atomic E-state index is -3.56. The zero-order chi connectivity index (χ0) is 14.8. The minimum absolute atomic E-state index is 0.188. The van der Waals surface area contributed by atoms with E-state index in [-0.39, 0.29) is 4.90 Å². The van der Waals surface area contributed by atoms with Gasteiger partial charge in [-0.3, -0.25) is 4.79 Å². The van der Waals surface area contributed by atoms with Gasteiger partial charge in [0, 0.05) is 13.1 Å². The summed E-state index contributed by atoms with van der Waals surface area (Å²) < 4.78 is 26.4. The van der Waals surface area contributed by atoms with Crippen molar-refractivity contribution in [2.24, 2.45) is 5.92 Å². The number of hydrogen-bond donors (Lipinski definition) is 2. The third-order valence-electron chi connectivity index (χ3n) is 3.53. The molecule has 1 aromatic rings. The molecule has 20 heavy (non-hydrogen) atoms. The summed E-state index contributed by atoms with van der Waals surface area (Å²) in [4.78, 5) is 13.1. The van der Waals surface area contributed by atoms with E-state index in [0.717, 1.165) is 6.42 Å². The number of aliphatic carboxylic acids is 1. The highest BCUT2D eigenvalue weighted by Crippen LogP contribution is 2.29. The highest BCUT2D eigenvalue weighted by Gasteiger charge is 2.28. The molecule has 6 nitrogen and oxygen atoms in total. The van der Waals surface area contributed by atoms with Gasteiger partial charge in [-0.05, 0) is 32.0 Å². The van der Waals surface area contributed by atoms with Crippen LogP contribution in [0.5, 0.6) is 0 Å². The van der Waals surface area contributed by atoms with Crippen molar-refractivity contribution in [1.29, 1.82) is 0 Å². The third kappa shape index (κ3) is 2.94. The molecule has 110 valence electrons. The monoisotopic (exact) mass is 298 g/mol. The lowest BCUT2D eigenvalue weighted by atomic mass is 9.98. The van der Waals surface area contributed by atoms with Gasteiger partial charge in [0.2, 0.25) is 10.0 Å². The molecule has 2 N–H and O–H groups in total. The lowest BCUT2D eigenvalue weighted by Crippen LogP contribution is -2.39. The average molecular weight is 298 g/mol. The van der Waals surface area contributed by atoms with Crippen molar-refractivity contribution in [1.82, 2.24) is 4.72 Å². The van der Waals surface area contributed by atoms with Crippen LogP contribution in [-0.4, -0.2) is 39.6 Å². The van der Waals surface area contributed by atoms with E-state index in [9.17, 15) is 13.2 Å². The second-order valence-electron chi connectivity index (χ2n) is 4.80. The number of carbonyl (C=O) groups is 1. The number of anilines is 1. The number of carboxylic acid groups (broad SMARTS) is 1. The summed E-state index contributed by atoms with van der Waals surface area (Å²) in [5.41, 5.74) is 0.563. The molecule has 2 rings (SSSR count). The molecule has 7 heteroatoms. The summed E-state index contributed by atoms with van der Waals surface area (Å²) in [7, 11) is -2.19. The van der Waals surface area contributed by atoms with Crippen LogP contribution in [0.4, 0.5) is 5.69 Å². The maximum absolute atomic E-state index is 12.0. The normalized spacial score (nSPS) is 19.9. The predicted molar refractivity (Wildman–Crippen MR) is 75.3 cm³/mol. The van der Waals surface area contributed by atoms with Crippen LogP contribution in [0.1, 0.15) is 12.8 Å². The molecule has 1 aliphatic rings. The van der Waals surface area contributed by atoms with E-state index >= 15 is 0 Å². The van der Waals surface area contributed by atoms with E-state index in [2.05, 4.69) is 4.72 Å². The van der Waals surface area contributed by atoms with Gasteiger partial charge in [-0.25, -0.2) is 13.1 Å². The summed E-state index contributed by atoms with van der Waals surface area (Å²) in [6.45, 7) is 1.01. The number of sulfonamides is 1. The number of carboxylic acids is 1. The standard InChI is InChI=1S/C13H18N2O4S/c1-14-20(18,19)12-7-3-2-6-11(12)15-8-4-5-10(9-15)13(16)17/h2-3,6-7,10,14H,4-5,8-9H2,1H3,(H,16,17). The van der Waals surface area contributed by atoms with Gasteiger partial charge in [-0.2, -0.15) is 0 Å². The molecule has 1 aromatic carbocycles. The Bertz CT molecular complexity index is 600. The van der Waals surface area contributed by atoms with Crippen molar-refractivity contribution >= 4 is 21.7 Å². The number of hydrogen-bond acceptors (Lipinski definition) is 4. The molecule has 0 radical (unpaired) electrons. The van der Waals surface area contributed by atoms with Gasteiger partial charge in [0.25, 0.3) is 0 Å². The van der Waals surface area contributed by atoms with Crippen molar-refractivity contribution in [2.75, 3.05) is 25.0 Å². The summed E-state index contributed by atoms with van der Waals surface area (Å²) in [5.74, 6) is -1.28. The number of rotatable bonds is 4. The molecule has 0 bridgehead atoms. The summed E-state index contributed by atoms with van der Waals surface area (Å²) in [6.07, 6.45) is 1.37. The van der Waals surface area contributed by atoms with Crippen LogP contribution in [0, 0.1) is 5.92 Å². The first-order valence-corrected chi connectivity index (χ1v) is 7.94. The highest BCUT2D eigenvalue weighted by molar-refractivity contribution is 7.89. The van der Waals surface area contributed by atoms with Crippen molar-refractivity contribution < 1.29 is 18.3 Å². The topological polar surface area (TPSA) is 86.7 Å². The Kier molecular flexibility index (Phi) is 4.29. The first-order valence-electron chi connectivity index (χ1n) is 6.46. The Hall–Kier alpha value is -1.60. The lowest BCUT2D eigenvalue weighted by Gasteiger charge is -2.33. The molecule has 1 aliphatic heterocycles. The number of benzene rings is 1. The summed E-state index contributed by atoms with van der Waals surface area (Å²) in [6, 6.07) is 6.67. The van der Waals surface area contributed by atoms with E-state index in [0.29, 0.717) is 25.2 Å². The summed E-state index contributed by atoms with van der Waals surface area (Å²) in [5, 5.41) is 9.12.